The number of rotatable bonds is 4. The highest BCUT2D eigenvalue weighted by molar-refractivity contribution is 5.82. The zero-order chi connectivity index (χ0) is 14.7. The van der Waals surface area contributed by atoms with Crippen molar-refractivity contribution in [2.24, 2.45) is 0 Å². The van der Waals surface area contributed by atoms with E-state index in [1.807, 2.05) is 12.1 Å². The zero-order valence-electron chi connectivity index (χ0n) is 11.5. The topological polar surface area (TPSA) is 64.9 Å². The monoisotopic (exact) mass is 277 g/mol. The number of carbonyl (C=O) groups is 1. The number of benzene rings is 2. The smallest absolute Gasteiger partial charge is 0.240 e. The zero-order valence-corrected chi connectivity index (χ0v) is 11.5. The summed E-state index contributed by atoms with van der Waals surface area (Å²) < 4.78 is 0. The van der Waals surface area contributed by atoms with E-state index < -0.39 is 0 Å². The van der Waals surface area contributed by atoms with E-state index in [2.05, 4.69) is 47.0 Å². The third kappa shape index (κ3) is 2.72. The molecule has 4 nitrogen and oxygen atoms in total. The SMILES string of the molecule is N#CCNC(=O)CNc1ccc2c(c1)Cc1ccccc1-2. The molecule has 2 aromatic rings. The van der Waals surface area contributed by atoms with Gasteiger partial charge in [0.1, 0.15) is 6.54 Å². The summed E-state index contributed by atoms with van der Waals surface area (Å²) in [5.41, 5.74) is 6.11. The number of carbonyl (C=O) groups excluding carboxylic acids is 1. The van der Waals surface area contributed by atoms with Gasteiger partial charge >= 0.3 is 0 Å². The lowest BCUT2D eigenvalue weighted by atomic mass is 10.1. The van der Waals surface area contributed by atoms with E-state index in [0.717, 1.165) is 12.1 Å². The Morgan fingerprint density at radius 3 is 2.81 bits per heavy atom. The largest absolute Gasteiger partial charge is 0.376 e. The number of nitrogens with one attached hydrogen (secondary N) is 2. The van der Waals surface area contributed by atoms with Crippen LogP contribution in [-0.2, 0) is 11.2 Å². The highest BCUT2D eigenvalue weighted by atomic mass is 16.1. The van der Waals surface area contributed by atoms with E-state index in [1.165, 1.54) is 22.3 Å². The van der Waals surface area contributed by atoms with Crippen LogP contribution in [0.3, 0.4) is 0 Å². The molecule has 21 heavy (non-hydrogen) atoms. The Morgan fingerprint density at radius 1 is 1.14 bits per heavy atom. The van der Waals surface area contributed by atoms with Gasteiger partial charge in [-0.1, -0.05) is 30.3 Å². The molecule has 1 amide bonds. The molecule has 0 atom stereocenters. The second kappa shape index (κ2) is 5.68. The van der Waals surface area contributed by atoms with Gasteiger partial charge in [-0.15, -0.1) is 0 Å². The predicted octanol–water partition coefficient (Wildman–Crippen LogP) is 2.31. The summed E-state index contributed by atoms with van der Waals surface area (Å²) in [6.07, 6.45) is 0.932. The number of nitriles is 1. The summed E-state index contributed by atoms with van der Waals surface area (Å²) in [6, 6.07) is 16.5. The van der Waals surface area contributed by atoms with Crippen LogP contribution in [0.2, 0.25) is 0 Å². The molecule has 0 fully saturated rings. The maximum Gasteiger partial charge on any atom is 0.240 e. The highest BCUT2D eigenvalue weighted by Crippen LogP contribution is 2.37. The van der Waals surface area contributed by atoms with E-state index >= 15 is 0 Å². The minimum Gasteiger partial charge on any atom is -0.376 e. The van der Waals surface area contributed by atoms with Crippen LogP contribution in [0.25, 0.3) is 11.1 Å². The van der Waals surface area contributed by atoms with Gasteiger partial charge in [0, 0.05) is 5.69 Å². The van der Waals surface area contributed by atoms with Gasteiger partial charge in [0.2, 0.25) is 5.91 Å². The maximum atomic E-state index is 11.5. The fraction of sp³-hybridized carbons (Fsp3) is 0.176. The van der Waals surface area contributed by atoms with Gasteiger partial charge in [-0.25, -0.2) is 0 Å². The van der Waals surface area contributed by atoms with Crippen LogP contribution in [0.1, 0.15) is 11.1 Å². The van der Waals surface area contributed by atoms with Crippen LogP contribution < -0.4 is 10.6 Å². The van der Waals surface area contributed by atoms with Crippen molar-refractivity contribution in [3.8, 4) is 17.2 Å². The Morgan fingerprint density at radius 2 is 1.95 bits per heavy atom. The molecule has 0 unspecified atom stereocenters. The van der Waals surface area contributed by atoms with Gasteiger partial charge in [0.15, 0.2) is 0 Å². The lowest BCUT2D eigenvalue weighted by molar-refractivity contribution is -0.119. The molecule has 1 aliphatic carbocycles. The molecule has 3 rings (SSSR count). The first-order valence-electron chi connectivity index (χ1n) is 6.86. The first-order valence-corrected chi connectivity index (χ1v) is 6.86. The third-order valence-corrected chi connectivity index (χ3v) is 3.61. The molecular formula is C17H15N3O. The number of fused-ring (bicyclic) bond motifs is 3. The molecule has 104 valence electrons. The van der Waals surface area contributed by atoms with Gasteiger partial charge in [-0.05, 0) is 40.8 Å². The molecule has 4 heteroatoms. The predicted molar refractivity (Wildman–Crippen MR) is 81.8 cm³/mol. The number of nitrogens with zero attached hydrogens (tertiary/aromatic N) is 1. The van der Waals surface area contributed by atoms with Gasteiger partial charge in [0.05, 0.1) is 12.6 Å². The molecular weight excluding hydrogens is 262 g/mol. The average molecular weight is 277 g/mol. The Bertz CT molecular complexity index is 731. The molecule has 0 aliphatic heterocycles. The maximum absolute atomic E-state index is 11.5. The minimum absolute atomic E-state index is 0.0417. The molecule has 0 radical (unpaired) electrons. The summed E-state index contributed by atoms with van der Waals surface area (Å²) in [5, 5.41) is 14.0. The molecule has 0 heterocycles. The van der Waals surface area contributed by atoms with Crippen molar-refractivity contribution in [3.63, 3.8) is 0 Å². The Labute approximate surface area is 123 Å². The van der Waals surface area contributed by atoms with E-state index in [4.69, 9.17) is 5.26 Å². The van der Waals surface area contributed by atoms with Crippen molar-refractivity contribution in [2.75, 3.05) is 18.4 Å². The second-order valence-corrected chi connectivity index (χ2v) is 4.99. The number of anilines is 1. The summed E-state index contributed by atoms with van der Waals surface area (Å²) in [5.74, 6) is -0.180. The van der Waals surface area contributed by atoms with Gasteiger partial charge in [-0.3, -0.25) is 4.79 Å². The van der Waals surface area contributed by atoms with Crippen LogP contribution in [0.15, 0.2) is 42.5 Å². The Hall–Kier alpha value is -2.80. The van der Waals surface area contributed by atoms with Crippen molar-refractivity contribution >= 4 is 11.6 Å². The summed E-state index contributed by atoms with van der Waals surface area (Å²) in [4.78, 5) is 11.5. The molecule has 1 aliphatic rings. The van der Waals surface area contributed by atoms with Crippen molar-refractivity contribution in [1.29, 1.82) is 5.26 Å². The standard InChI is InChI=1S/C17H15N3O/c18-7-8-19-17(21)11-20-14-5-6-16-13(10-14)9-12-3-1-2-4-15(12)16/h1-6,10,20H,8-9,11H2,(H,19,21). The van der Waals surface area contributed by atoms with Gasteiger partial charge < -0.3 is 10.6 Å². The van der Waals surface area contributed by atoms with Crippen molar-refractivity contribution in [1.82, 2.24) is 5.32 Å². The first kappa shape index (κ1) is 13.2. The minimum atomic E-state index is -0.180. The highest BCUT2D eigenvalue weighted by Gasteiger charge is 2.17. The average Bonchev–Trinajstić information content (AvgIpc) is 2.88. The Balaban J connectivity index is 1.70. The lowest BCUT2D eigenvalue weighted by Crippen LogP contribution is -2.29. The van der Waals surface area contributed by atoms with Gasteiger partial charge in [-0.2, -0.15) is 5.26 Å². The van der Waals surface area contributed by atoms with E-state index in [9.17, 15) is 4.79 Å². The van der Waals surface area contributed by atoms with Crippen molar-refractivity contribution in [2.45, 2.75) is 6.42 Å². The summed E-state index contributed by atoms with van der Waals surface area (Å²) >= 11 is 0. The third-order valence-electron chi connectivity index (χ3n) is 3.61. The van der Waals surface area contributed by atoms with Crippen LogP contribution in [0.5, 0.6) is 0 Å². The molecule has 0 aromatic heterocycles. The molecule has 2 aromatic carbocycles. The van der Waals surface area contributed by atoms with E-state index in [-0.39, 0.29) is 19.0 Å². The molecule has 0 saturated carbocycles. The molecule has 2 N–H and O–H groups in total. The molecule has 0 bridgehead atoms. The number of hydrogen-bond donors (Lipinski definition) is 2. The van der Waals surface area contributed by atoms with Crippen LogP contribution >= 0.6 is 0 Å². The molecule has 0 spiro atoms. The van der Waals surface area contributed by atoms with Gasteiger partial charge in [0.25, 0.3) is 0 Å². The lowest BCUT2D eigenvalue weighted by Gasteiger charge is -2.08. The molecule has 0 saturated heterocycles. The fourth-order valence-electron chi connectivity index (χ4n) is 2.64. The van der Waals surface area contributed by atoms with E-state index in [1.54, 1.807) is 0 Å². The van der Waals surface area contributed by atoms with Crippen LogP contribution in [0.4, 0.5) is 5.69 Å². The number of hydrogen-bond acceptors (Lipinski definition) is 3. The van der Waals surface area contributed by atoms with E-state index in [0.29, 0.717) is 0 Å². The first-order chi connectivity index (χ1) is 10.3. The Kier molecular flexibility index (Phi) is 3.57. The quantitative estimate of drug-likeness (QED) is 0.719. The van der Waals surface area contributed by atoms with Crippen molar-refractivity contribution < 1.29 is 4.79 Å². The second-order valence-electron chi connectivity index (χ2n) is 4.99. The summed E-state index contributed by atoms with van der Waals surface area (Å²) in [6.45, 7) is 0.216. The number of amides is 1. The summed E-state index contributed by atoms with van der Waals surface area (Å²) in [7, 11) is 0. The van der Waals surface area contributed by atoms with Crippen molar-refractivity contribution in [3.05, 3.63) is 53.6 Å². The normalized spacial score (nSPS) is 11.2. The van der Waals surface area contributed by atoms with Crippen LogP contribution in [-0.4, -0.2) is 19.0 Å². The fourth-order valence-corrected chi connectivity index (χ4v) is 2.64. The van der Waals surface area contributed by atoms with Crippen LogP contribution in [0, 0.1) is 11.3 Å².